The van der Waals surface area contributed by atoms with E-state index in [-0.39, 0.29) is 5.69 Å². The van der Waals surface area contributed by atoms with Gasteiger partial charge in [0.25, 0.3) is 0 Å². The summed E-state index contributed by atoms with van der Waals surface area (Å²) in [6.45, 7) is 2.86. The number of anilines is 1. The molecule has 1 heterocycles. The van der Waals surface area contributed by atoms with Gasteiger partial charge in [-0.3, -0.25) is 0 Å². The third kappa shape index (κ3) is 2.36. The van der Waals surface area contributed by atoms with Gasteiger partial charge in [0.2, 0.25) is 0 Å². The number of imidazole rings is 1. The Balaban J connectivity index is 2.30. The summed E-state index contributed by atoms with van der Waals surface area (Å²) in [5, 5.41) is 0.627. The van der Waals surface area contributed by atoms with Gasteiger partial charge in [0.05, 0.1) is 16.7 Å². The van der Waals surface area contributed by atoms with Crippen LogP contribution in [0, 0.1) is 5.82 Å². The molecule has 3 aromatic rings. The number of aryl methyl sites for hydroxylation is 1. The first-order chi connectivity index (χ1) is 10.1. The minimum absolute atomic E-state index is 0.122. The Bertz CT molecular complexity index is 811. The number of fused-ring (bicyclic) bond motifs is 1. The Labute approximate surface area is 127 Å². The summed E-state index contributed by atoms with van der Waals surface area (Å²) in [5.41, 5.74) is 8.36. The molecule has 0 amide bonds. The molecule has 2 aromatic carbocycles. The lowest BCUT2D eigenvalue weighted by Crippen LogP contribution is -2.02. The van der Waals surface area contributed by atoms with Gasteiger partial charge in [-0.25, -0.2) is 9.37 Å². The molecule has 1 aromatic heterocycles. The van der Waals surface area contributed by atoms with Crippen molar-refractivity contribution in [3.05, 3.63) is 47.2 Å². The van der Waals surface area contributed by atoms with Crippen molar-refractivity contribution in [2.24, 2.45) is 0 Å². The number of nitrogen functional groups attached to an aromatic ring is 1. The second-order valence-electron chi connectivity index (χ2n) is 4.92. The molecule has 3 nitrogen and oxygen atoms in total. The number of halogens is 2. The highest BCUT2D eigenvalue weighted by Crippen LogP contribution is 2.31. The molecule has 0 saturated carbocycles. The fourth-order valence-electron chi connectivity index (χ4n) is 2.49. The number of aromatic nitrogens is 2. The Kier molecular flexibility index (Phi) is 3.55. The van der Waals surface area contributed by atoms with Crippen LogP contribution in [0.4, 0.5) is 10.1 Å². The topological polar surface area (TPSA) is 43.8 Å². The number of rotatable bonds is 3. The summed E-state index contributed by atoms with van der Waals surface area (Å²) < 4.78 is 15.8. The zero-order valence-electron chi connectivity index (χ0n) is 11.6. The van der Waals surface area contributed by atoms with Crippen LogP contribution in [0.2, 0.25) is 5.02 Å². The Hall–Kier alpha value is -2.07. The second kappa shape index (κ2) is 5.37. The fraction of sp³-hybridized carbons (Fsp3) is 0.188. The molecule has 0 aliphatic heterocycles. The molecular formula is C16H15ClFN3. The smallest absolute Gasteiger partial charge is 0.146 e. The van der Waals surface area contributed by atoms with Crippen LogP contribution in [0.15, 0.2) is 36.4 Å². The van der Waals surface area contributed by atoms with E-state index in [2.05, 4.69) is 16.5 Å². The van der Waals surface area contributed by atoms with Crippen LogP contribution in [0.25, 0.3) is 22.4 Å². The largest absolute Gasteiger partial charge is 0.396 e. The molecule has 0 saturated heterocycles. The van der Waals surface area contributed by atoms with E-state index in [9.17, 15) is 4.39 Å². The molecular weight excluding hydrogens is 289 g/mol. The standard InChI is InChI=1S/C16H15ClFN3/c1-2-8-21-14-7-6-10(17)9-13(14)20-16(21)11-4-3-5-12(18)15(11)19/h3-7,9H,2,8,19H2,1H3. The lowest BCUT2D eigenvalue weighted by Gasteiger charge is -2.10. The van der Waals surface area contributed by atoms with Gasteiger partial charge in [-0.2, -0.15) is 0 Å². The maximum atomic E-state index is 13.7. The molecule has 0 aliphatic carbocycles. The second-order valence-corrected chi connectivity index (χ2v) is 5.36. The van der Waals surface area contributed by atoms with Gasteiger partial charge >= 0.3 is 0 Å². The van der Waals surface area contributed by atoms with E-state index in [0.29, 0.717) is 16.4 Å². The highest BCUT2D eigenvalue weighted by molar-refractivity contribution is 6.31. The Morgan fingerprint density at radius 1 is 1.29 bits per heavy atom. The predicted molar refractivity (Wildman–Crippen MR) is 84.8 cm³/mol. The van der Waals surface area contributed by atoms with Crippen LogP contribution in [0.5, 0.6) is 0 Å². The summed E-state index contributed by atoms with van der Waals surface area (Å²) in [4.78, 5) is 4.60. The summed E-state index contributed by atoms with van der Waals surface area (Å²) in [6, 6.07) is 10.3. The average molecular weight is 304 g/mol. The third-order valence-corrected chi connectivity index (χ3v) is 3.69. The van der Waals surface area contributed by atoms with Crippen molar-refractivity contribution in [1.29, 1.82) is 0 Å². The first kappa shape index (κ1) is 13.9. The van der Waals surface area contributed by atoms with Crippen LogP contribution in [-0.4, -0.2) is 9.55 Å². The molecule has 5 heteroatoms. The normalized spacial score (nSPS) is 11.2. The fourth-order valence-corrected chi connectivity index (χ4v) is 2.66. The first-order valence-electron chi connectivity index (χ1n) is 6.82. The molecule has 0 radical (unpaired) electrons. The lowest BCUT2D eigenvalue weighted by atomic mass is 10.1. The van der Waals surface area contributed by atoms with Gasteiger partial charge in [0, 0.05) is 17.1 Å². The summed E-state index contributed by atoms with van der Waals surface area (Å²) in [6.07, 6.45) is 0.941. The zero-order chi connectivity index (χ0) is 15.0. The summed E-state index contributed by atoms with van der Waals surface area (Å²) in [7, 11) is 0. The maximum Gasteiger partial charge on any atom is 0.146 e. The monoisotopic (exact) mass is 303 g/mol. The van der Waals surface area contributed by atoms with E-state index in [4.69, 9.17) is 17.3 Å². The van der Waals surface area contributed by atoms with Gasteiger partial charge in [-0.05, 0) is 36.8 Å². The molecule has 0 bridgehead atoms. The molecule has 3 rings (SSSR count). The van der Waals surface area contributed by atoms with Crippen LogP contribution < -0.4 is 5.73 Å². The van der Waals surface area contributed by atoms with E-state index >= 15 is 0 Å². The molecule has 0 atom stereocenters. The summed E-state index contributed by atoms with van der Waals surface area (Å²) in [5.74, 6) is 0.242. The molecule has 0 spiro atoms. The van der Waals surface area contributed by atoms with E-state index in [1.165, 1.54) is 6.07 Å². The van der Waals surface area contributed by atoms with Crippen LogP contribution in [0.3, 0.4) is 0 Å². The van der Waals surface area contributed by atoms with E-state index in [1.807, 2.05) is 18.2 Å². The zero-order valence-corrected chi connectivity index (χ0v) is 12.4. The highest BCUT2D eigenvalue weighted by Gasteiger charge is 2.16. The van der Waals surface area contributed by atoms with Crippen molar-refractivity contribution in [2.75, 3.05) is 5.73 Å². The van der Waals surface area contributed by atoms with Gasteiger partial charge < -0.3 is 10.3 Å². The first-order valence-corrected chi connectivity index (χ1v) is 7.19. The van der Waals surface area contributed by atoms with Gasteiger partial charge in [0.15, 0.2) is 0 Å². The van der Waals surface area contributed by atoms with Gasteiger partial charge in [-0.1, -0.05) is 24.6 Å². The molecule has 0 unspecified atom stereocenters. The minimum Gasteiger partial charge on any atom is -0.396 e. The van der Waals surface area contributed by atoms with Crippen LogP contribution >= 0.6 is 11.6 Å². The van der Waals surface area contributed by atoms with Crippen molar-refractivity contribution in [3.63, 3.8) is 0 Å². The van der Waals surface area contributed by atoms with Crippen molar-refractivity contribution in [3.8, 4) is 11.4 Å². The van der Waals surface area contributed by atoms with E-state index in [0.717, 1.165) is 24.0 Å². The SMILES string of the molecule is CCCn1c(-c2cccc(F)c2N)nc2cc(Cl)ccc21. The van der Waals surface area contributed by atoms with Crippen molar-refractivity contribution in [1.82, 2.24) is 9.55 Å². The third-order valence-electron chi connectivity index (χ3n) is 3.45. The van der Waals surface area contributed by atoms with Gasteiger partial charge in [-0.15, -0.1) is 0 Å². The van der Waals surface area contributed by atoms with Crippen molar-refractivity contribution < 1.29 is 4.39 Å². The Morgan fingerprint density at radius 2 is 2.10 bits per heavy atom. The van der Waals surface area contributed by atoms with E-state index < -0.39 is 5.82 Å². The van der Waals surface area contributed by atoms with Crippen LogP contribution in [0.1, 0.15) is 13.3 Å². The number of para-hydroxylation sites is 1. The molecule has 108 valence electrons. The van der Waals surface area contributed by atoms with Crippen molar-refractivity contribution in [2.45, 2.75) is 19.9 Å². The number of nitrogens with two attached hydrogens (primary N) is 1. The van der Waals surface area contributed by atoms with E-state index in [1.54, 1.807) is 12.1 Å². The maximum absolute atomic E-state index is 13.7. The number of nitrogens with zero attached hydrogens (tertiary/aromatic N) is 2. The number of hydrogen-bond acceptors (Lipinski definition) is 2. The van der Waals surface area contributed by atoms with Crippen molar-refractivity contribution >= 4 is 28.3 Å². The van der Waals surface area contributed by atoms with Gasteiger partial charge in [0.1, 0.15) is 11.6 Å². The minimum atomic E-state index is -0.430. The molecule has 2 N–H and O–H groups in total. The Morgan fingerprint density at radius 3 is 2.86 bits per heavy atom. The molecule has 0 aliphatic rings. The van der Waals surface area contributed by atoms with Crippen LogP contribution in [-0.2, 0) is 6.54 Å². The number of benzene rings is 2. The lowest BCUT2D eigenvalue weighted by molar-refractivity contribution is 0.632. The molecule has 0 fully saturated rings. The number of hydrogen-bond donors (Lipinski definition) is 1. The quantitative estimate of drug-likeness (QED) is 0.725. The average Bonchev–Trinajstić information content (AvgIpc) is 2.80. The highest BCUT2D eigenvalue weighted by atomic mass is 35.5. The molecule has 21 heavy (non-hydrogen) atoms. The predicted octanol–water partition coefficient (Wildman–Crippen LogP) is 4.49. The summed E-state index contributed by atoms with van der Waals surface area (Å²) >= 11 is 6.03.